The van der Waals surface area contributed by atoms with Crippen LogP contribution in [0.25, 0.3) is 0 Å². The van der Waals surface area contributed by atoms with Crippen LogP contribution in [0.1, 0.15) is 25.8 Å². The van der Waals surface area contributed by atoms with Gasteiger partial charge in [-0.3, -0.25) is 4.90 Å². The maximum atomic E-state index is 8.60. The highest BCUT2D eigenvalue weighted by molar-refractivity contribution is 6.29. The third kappa shape index (κ3) is 4.18. The maximum Gasteiger partial charge on any atom is 0.129 e. The van der Waals surface area contributed by atoms with Crippen LogP contribution < -0.4 is 0 Å². The first-order valence-corrected chi connectivity index (χ1v) is 5.72. The highest BCUT2D eigenvalue weighted by atomic mass is 35.5. The van der Waals surface area contributed by atoms with E-state index >= 15 is 0 Å². The lowest BCUT2D eigenvalue weighted by molar-refractivity contribution is 0.218. The van der Waals surface area contributed by atoms with Crippen LogP contribution in [0.4, 0.5) is 0 Å². The largest absolute Gasteiger partial charge is 0.296 e. The van der Waals surface area contributed by atoms with Gasteiger partial charge in [-0.2, -0.15) is 5.26 Å². The molecule has 0 N–H and O–H groups in total. The van der Waals surface area contributed by atoms with E-state index in [2.05, 4.69) is 29.8 Å². The Labute approximate surface area is 102 Å². The third-order valence-corrected chi connectivity index (χ3v) is 2.62. The number of halogens is 1. The second kappa shape index (κ2) is 6.47. The number of aromatic nitrogens is 1. The first-order chi connectivity index (χ1) is 7.63. The van der Waals surface area contributed by atoms with Gasteiger partial charge in [-0.1, -0.05) is 11.6 Å². The first-order valence-electron chi connectivity index (χ1n) is 5.35. The van der Waals surface area contributed by atoms with E-state index in [0.717, 1.165) is 18.7 Å². The number of nitrogens with zero attached hydrogens (tertiary/aromatic N) is 3. The van der Waals surface area contributed by atoms with Crippen LogP contribution in [0.3, 0.4) is 0 Å². The van der Waals surface area contributed by atoms with Crippen LogP contribution in [-0.2, 0) is 6.54 Å². The van der Waals surface area contributed by atoms with Crippen molar-refractivity contribution in [2.24, 2.45) is 0 Å². The molecule has 0 aromatic carbocycles. The minimum atomic E-state index is 0.417. The molecule has 1 rings (SSSR count). The molecule has 4 heteroatoms. The van der Waals surface area contributed by atoms with Crippen molar-refractivity contribution in [3.8, 4) is 6.07 Å². The van der Waals surface area contributed by atoms with Crippen molar-refractivity contribution in [3.05, 3.63) is 29.0 Å². The second-order valence-electron chi connectivity index (χ2n) is 3.96. The summed E-state index contributed by atoms with van der Waals surface area (Å²) >= 11 is 5.83. The van der Waals surface area contributed by atoms with Crippen LogP contribution in [0.2, 0.25) is 5.15 Å². The summed E-state index contributed by atoms with van der Waals surface area (Å²) in [6.07, 6.45) is 2.26. The van der Waals surface area contributed by atoms with Crippen LogP contribution in [0.5, 0.6) is 0 Å². The standard InChI is InChI=1S/C12H16ClN3/c1-10(2)16(7-3-5-14)9-11-4-6-15-12(13)8-11/h4,6,8,10H,3,7,9H2,1-2H3. The fraction of sp³-hybridized carbons (Fsp3) is 0.500. The zero-order chi connectivity index (χ0) is 12.0. The summed E-state index contributed by atoms with van der Waals surface area (Å²) in [6, 6.07) is 6.40. The zero-order valence-electron chi connectivity index (χ0n) is 9.65. The first kappa shape index (κ1) is 13.0. The molecule has 0 aliphatic rings. The van der Waals surface area contributed by atoms with Gasteiger partial charge in [0.05, 0.1) is 6.07 Å². The quantitative estimate of drug-likeness (QED) is 0.740. The predicted molar refractivity (Wildman–Crippen MR) is 65.0 cm³/mol. The molecule has 0 unspecified atom stereocenters. The van der Waals surface area contributed by atoms with Gasteiger partial charge in [-0.05, 0) is 31.5 Å². The normalized spacial score (nSPS) is 10.8. The fourth-order valence-electron chi connectivity index (χ4n) is 1.49. The summed E-state index contributed by atoms with van der Waals surface area (Å²) in [7, 11) is 0. The van der Waals surface area contributed by atoms with Crippen molar-refractivity contribution >= 4 is 11.6 Å². The predicted octanol–water partition coefficient (Wildman–Crippen LogP) is 2.86. The maximum absolute atomic E-state index is 8.60. The van der Waals surface area contributed by atoms with Gasteiger partial charge in [0.15, 0.2) is 0 Å². The van der Waals surface area contributed by atoms with E-state index in [-0.39, 0.29) is 0 Å². The van der Waals surface area contributed by atoms with Crippen LogP contribution >= 0.6 is 11.6 Å². The second-order valence-corrected chi connectivity index (χ2v) is 4.35. The molecule has 16 heavy (non-hydrogen) atoms. The summed E-state index contributed by atoms with van der Waals surface area (Å²) in [5.74, 6) is 0. The summed E-state index contributed by atoms with van der Waals surface area (Å²) < 4.78 is 0. The number of hydrogen-bond donors (Lipinski definition) is 0. The number of hydrogen-bond acceptors (Lipinski definition) is 3. The van der Waals surface area contributed by atoms with Gasteiger partial charge in [0.2, 0.25) is 0 Å². The van der Waals surface area contributed by atoms with Gasteiger partial charge in [0.1, 0.15) is 5.15 Å². The van der Waals surface area contributed by atoms with E-state index in [9.17, 15) is 0 Å². The lowest BCUT2D eigenvalue weighted by Crippen LogP contribution is -2.31. The Kier molecular flexibility index (Phi) is 5.24. The molecule has 0 fully saturated rings. The van der Waals surface area contributed by atoms with Gasteiger partial charge in [-0.25, -0.2) is 4.98 Å². The molecule has 0 radical (unpaired) electrons. The van der Waals surface area contributed by atoms with Crippen LogP contribution in [0, 0.1) is 11.3 Å². The van der Waals surface area contributed by atoms with Crippen LogP contribution in [-0.4, -0.2) is 22.5 Å². The number of nitriles is 1. The summed E-state index contributed by atoms with van der Waals surface area (Å²) in [6.45, 7) is 5.84. The van der Waals surface area contributed by atoms with Crippen molar-refractivity contribution in [1.29, 1.82) is 5.26 Å². The topological polar surface area (TPSA) is 39.9 Å². The zero-order valence-corrected chi connectivity index (χ0v) is 10.4. The van der Waals surface area contributed by atoms with Crippen molar-refractivity contribution < 1.29 is 0 Å². The average Bonchev–Trinajstić information content (AvgIpc) is 2.24. The van der Waals surface area contributed by atoms with E-state index in [1.807, 2.05) is 12.1 Å². The van der Waals surface area contributed by atoms with Crippen molar-refractivity contribution in [2.45, 2.75) is 32.9 Å². The van der Waals surface area contributed by atoms with E-state index in [4.69, 9.17) is 16.9 Å². The van der Waals surface area contributed by atoms with Gasteiger partial charge in [-0.15, -0.1) is 0 Å². The average molecular weight is 238 g/mol. The Balaban J connectivity index is 2.64. The van der Waals surface area contributed by atoms with Gasteiger partial charge >= 0.3 is 0 Å². The van der Waals surface area contributed by atoms with E-state index in [1.165, 1.54) is 0 Å². The summed E-state index contributed by atoms with van der Waals surface area (Å²) in [5, 5.41) is 9.11. The molecule has 0 saturated carbocycles. The highest BCUT2D eigenvalue weighted by Crippen LogP contribution is 2.12. The molecular weight excluding hydrogens is 222 g/mol. The molecule has 1 aromatic heterocycles. The minimum absolute atomic E-state index is 0.417. The Bertz CT molecular complexity index is 371. The van der Waals surface area contributed by atoms with Crippen molar-refractivity contribution in [2.75, 3.05) is 6.54 Å². The molecule has 3 nitrogen and oxygen atoms in total. The molecule has 0 bridgehead atoms. The molecule has 1 heterocycles. The fourth-order valence-corrected chi connectivity index (χ4v) is 1.69. The Morgan fingerprint density at radius 3 is 2.88 bits per heavy atom. The highest BCUT2D eigenvalue weighted by Gasteiger charge is 2.09. The Hall–Kier alpha value is -1.11. The Morgan fingerprint density at radius 2 is 2.31 bits per heavy atom. The van der Waals surface area contributed by atoms with Gasteiger partial charge < -0.3 is 0 Å². The molecule has 0 saturated heterocycles. The SMILES string of the molecule is CC(C)N(CCC#N)Cc1ccnc(Cl)c1. The lowest BCUT2D eigenvalue weighted by atomic mass is 10.2. The number of pyridine rings is 1. The van der Waals surface area contributed by atoms with E-state index in [0.29, 0.717) is 17.6 Å². The van der Waals surface area contributed by atoms with Crippen molar-refractivity contribution in [3.63, 3.8) is 0 Å². The molecule has 0 aliphatic carbocycles. The molecule has 0 atom stereocenters. The monoisotopic (exact) mass is 237 g/mol. The van der Waals surface area contributed by atoms with Crippen LogP contribution in [0.15, 0.2) is 18.3 Å². The molecule has 0 spiro atoms. The molecule has 86 valence electrons. The van der Waals surface area contributed by atoms with Gasteiger partial charge in [0.25, 0.3) is 0 Å². The summed E-state index contributed by atoms with van der Waals surface area (Å²) in [4.78, 5) is 6.19. The van der Waals surface area contributed by atoms with Gasteiger partial charge in [0, 0.05) is 31.7 Å². The molecular formula is C12H16ClN3. The molecule has 1 aromatic rings. The van der Waals surface area contributed by atoms with E-state index in [1.54, 1.807) is 6.20 Å². The minimum Gasteiger partial charge on any atom is -0.296 e. The lowest BCUT2D eigenvalue weighted by Gasteiger charge is -2.25. The third-order valence-electron chi connectivity index (χ3n) is 2.42. The van der Waals surface area contributed by atoms with Crippen molar-refractivity contribution in [1.82, 2.24) is 9.88 Å². The molecule has 0 amide bonds. The molecule has 0 aliphatic heterocycles. The van der Waals surface area contributed by atoms with E-state index < -0.39 is 0 Å². The number of rotatable bonds is 5. The summed E-state index contributed by atoms with van der Waals surface area (Å²) in [5.41, 5.74) is 1.13. The smallest absolute Gasteiger partial charge is 0.129 e. The Morgan fingerprint density at radius 1 is 1.56 bits per heavy atom.